The Labute approximate surface area is 112 Å². The SMILES string of the molecule is CN(CC1CCCC1)CC1(CS)CCOCC1. The normalized spacial score (nSPS) is 25.6. The quantitative estimate of drug-likeness (QED) is 0.760. The zero-order valence-electron chi connectivity index (χ0n) is 11.2. The van der Waals surface area contributed by atoms with Gasteiger partial charge < -0.3 is 9.64 Å². The van der Waals surface area contributed by atoms with E-state index < -0.39 is 0 Å². The maximum atomic E-state index is 5.49. The minimum absolute atomic E-state index is 0.411. The first-order valence-electron chi connectivity index (χ1n) is 7.11. The van der Waals surface area contributed by atoms with Gasteiger partial charge in [-0.1, -0.05) is 12.8 Å². The Hall–Kier alpha value is 0.270. The fourth-order valence-corrected chi connectivity index (χ4v) is 3.86. The van der Waals surface area contributed by atoms with Gasteiger partial charge >= 0.3 is 0 Å². The molecule has 0 radical (unpaired) electrons. The molecule has 0 aromatic rings. The lowest BCUT2D eigenvalue weighted by molar-refractivity contribution is 0.00980. The average Bonchev–Trinajstić information content (AvgIpc) is 2.83. The topological polar surface area (TPSA) is 12.5 Å². The Bertz CT molecular complexity index is 222. The standard InChI is InChI=1S/C14H27NOS/c1-15(10-13-4-2-3-5-13)11-14(12-17)6-8-16-9-7-14/h13,17H,2-12H2,1H3. The summed E-state index contributed by atoms with van der Waals surface area (Å²) in [5, 5.41) is 0. The summed E-state index contributed by atoms with van der Waals surface area (Å²) < 4.78 is 5.49. The van der Waals surface area contributed by atoms with Gasteiger partial charge in [0.25, 0.3) is 0 Å². The second kappa shape index (κ2) is 6.44. The van der Waals surface area contributed by atoms with Crippen LogP contribution in [0.15, 0.2) is 0 Å². The Morgan fingerprint density at radius 1 is 1.24 bits per heavy atom. The van der Waals surface area contributed by atoms with Crippen molar-refractivity contribution in [1.29, 1.82) is 0 Å². The van der Waals surface area contributed by atoms with E-state index in [9.17, 15) is 0 Å². The summed E-state index contributed by atoms with van der Waals surface area (Å²) >= 11 is 4.59. The summed E-state index contributed by atoms with van der Waals surface area (Å²) in [5.41, 5.74) is 0.411. The molecule has 1 aliphatic heterocycles. The van der Waals surface area contributed by atoms with Crippen LogP contribution in [0.5, 0.6) is 0 Å². The van der Waals surface area contributed by atoms with E-state index in [1.165, 1.54) is 51.6 Å². The molecule has 1 saturated heterocycles. The van der Waals surface area contributed by atoms with Gasteiger partial charge in [0, 0.05) is 26.3 Å². The predicted octanol–water partition coefficient (Wildman–Crippen LogP) is 2.84. The van der Waals surface area contributed by atoms with Gasteiger partial charge in [0.05, 0.1) is 0 Å². The number of nitrogens with zero attached hydrogens (tertiary/aromatic N) is 1. The van der Waals surface area contributed by atoms with E-state index in [4.69, 9.17) is 4.74 Å². The van der Waals surface area contributed by atoms with Gasteiger partial charge in [-0.05, 0) is 49.8 Å². The predicted molar refractivity (Wildman–Crippen MR) is 75.8 cm³/mol. The highest BCUT2D eigenvalue weighted by atomic mass is 32.1. The summed E-state index contributed by atoms with van der Waals surface area (Å²) in [5.74, 6) is 1.96. The average molecular weight is 257 g/mol. The molecule has 1 aliphatic carbocycles. The monoisotopic (exact) mass is 257 g/mol. The molecule has 0 atom stereocenters. The van der Waals surface area contributed by atoms with Crippen molar-refractivity contribution in [2.75, 3.05) is 39.1 Å². The third-order valence-electron chi connectivity index (χ3n) is 4.54. The van der Waals surface area contributed by atoms with Crippen molar-refractivity contribution in [2.24, 2.45) is 11.3 Å². The zero-order chi connectivity index (χ0) is 12.1. The fraction of sp³-hybridized carbons (Fsp3) is 1.00. The molecule has 0 aromatic carbocycles. The number of hydrogen-bond donors (Lipinski definition) is 1. The molecule has 0 aromatic heterocycles. The summed E-state index contributed by atoms with van der Waals surface area (Å²) in [6.07, 6.45) is 8.16. The van der Waals surface area contributed by atoms with E-state index in [1.807, 2.05) is 0 Å². The van der Waals surface area contributed by atoms with Crippen LogP contribution in [0.25, 0.3) is 0 Å². The fourth-order valence-electron chi connectivity index (χ4n) is 3.44. The van der Waals surface area contributed by atoms with Gasteiger partial charge in [0.2, 0.25) is 0 Å². The molecule has 0 spiro atoms. The second-order valence-corrected chi connectivity index (χ2v) is 6.43. The van der Waals surface area contributed by atoms with E-state index in [2.05, 4.69) is 24.6 Å². The van der Waals surface area contributed by atoms with Crippen LogP contribution in [0.3, 0.4) is 0 Å². The lowest BCUT2D eigenvalue weighted by Gasteiger charge is -2.39. The van der Waals surface area contributed by atoms with Crippen LogP contribution < -0.4 is 0 Å². The van der Waals surface area contributed by atoms with E-state index in [0.717, 1.165) is 24.9 Å². The van der Waals surface area contributed by atoms with Crippen LogP contribution in [0.1, 0.15) is 38.5 Å². The molecular weight excluding hydrogens is 230 g/mol. The van der Waals surface area contributed by atoms with E-state index in [-0.39, 0.29) is 0 Å². The largest absolute Gasteiger partial charge is 0.381 e. The van der Waals surface area contributed by atoms with Crippen LogP contribution in [0.4, 0.5) is 0 Å². The molecule has 2 nitrogen and oxygen atoms in total. The van der Waals surface area contributed by atoms with Crippen molar-refractivity contribution in [1.82, 2.24) is 4.90 Å². The Kier molecular flexibility index (Phi) is 5.19. The summed E-state index contributed by atoms with van der Waals surface area (Å²) in [4.78, 5) is 2.55. The van der Waals surface area contributed by atoms with Gasteiger partial charge in [0.1, 0.15) is 0 Å². The molecule has 0 N–H and O–H groups in total. The smallest absolute Gasteiger partial charge is 0.0472 e. The maximum absolute atomic E-state index is 5.49. The zero-order valence-corrected chi connectivity index (χ0v) is 12.1. The molecule has 100 valence electrons. The number of rotatable bonds is 5. The Morgan fingerprint density at radius 2 is 1.88 bits per heavy atom. The minimum Gasteiger partial charge on any atom is -0.381 e. The van der Waals surface area contributed by atoms with Crippen LogP contribution in [0, 0.1) is 11.3 Å². The van der Waals surface area contributed by atoms with Crippen molar-refractivity contribution in [3.8, 4) is 0 Å². The van der Waals surface area contributed by atoms with Crippen molar-refractivity contribution >= 4 is 12.6 Å². The first-order chi connectivity index (χ1) is 8.24. The van der Waals surface area contributed by atoms with Crippen LogP contribution in [-0.4, -0.2) is 44.0 Å². The second-order valence-electron chi connectivity index (χ2n) is 6.12. The lowest BCUT2D eigenvalue weighted by atomic mass is 9.81. The van der Waals surface area contributed by atoms with E-state index in [0.29, 0.717) is 5.41 Å². The third-order valence-corrected chi connectivity index (χ3v) is 5.21. The minimum atomic E-state index is 0.411. The first kappa shape index (κ1) is 13.7. The molecule has 2 aliphatic rings. The van der Waals surface area contributed by atoms with Crippen molar-refractivity contribution in [2.45, 2.75) is 38.5 Å². The molecule has 1 saturated carbocycles. The molecule has 3 heteroatoms. The van der Waals surface area contributed by atoms with E-state index in [1.54, 1.807) is 0 Å². The molecule has 1 heterocycles. The van der Waals surface area contributed by atoms with Crippen LogP contribution >= 0.6 is 12.6 Å². The first-order valence-corrected chi connectivity index (χ1v) is 7.74. The molecule has 0 bridgehead atoms. The molecule has 2 fully saturated rings. The summed E-state index contributed by atoms with van der Waals surface area (Å²) in [6.45, 7) is 4.35. The number of hydrogen-bond acceptors (Lipinski definition) is 3. The van der Waals surface area contributed by atoms with Gasteiger partial charge in [-0.25, -0.2) is 0 Å². The van der Waals surface area contributed by atoms with Crippen molar-refractivity contribution in [3.63, 3.8) is 0 Å². The molecular formula is C14H27NOS. The van der Waals surface area contributed by atoms with Crippen molar-refractivity contribution in [3.05, 3.63) is 0 Å². The van der Waals surface area contributed by atoms with Crippen LogP contribution in [-0.2, 0) is 4.74 Å². The molecule has 0 amide bonds. The third kappa shape index (κ3) is 3.87. The number of thiol groups is 1. The molecule has 17 heavy (non-hydrogen) atoms. The highest BCUT2D eigenvalue weighted by Gasteiger charge is 2.32. The van der Waals surface area contributed by atoms with Gasteiger partial charge in [-0.2, -0.15) is 12.6 Å². The Balaban J connectivity index is 1.80. The van der Waals surface area contributed by atoms with Gasteiger partial charge in [-0.15, -0.1) is 0 Å². The molecule has 2 rings (SSSR count). The van der Waals surface area contributed by atoms with Gasteiger partial charge in [-0.3, -0.25) is 0 Å². The summed E-state index contributed by atoms with van der Waals surface area (Å²) in [7, 11) is 2.29. The maximum Gasteiger partial charge on any atom is 0.0472 e. The highest BCUT2D eigenvalue weighted by Crippen LogP contribution is 2.33. The summed E-state index contributed by atoms with van der Waals surface area (Å²) in [6, 6.07) is 0. The van der Waals surface area contributed by atoms with Gasteiger partial charge in [0.15, 0.2) is 0 Å². The lowest BCUT2D eigenvalue weighted by Crippen LogP contribution is -2.42. The Morgan fingerprint density at radius 3 is 2.47 bits per heavy atom. The van der Waals surface area contributed by atoms with E-state index >= 15 is 0 Å². The highest BCUT2D eigenvalue weighted by molar-refractivity contribution is 7.80. The molecule has 0 unspecified atom stereocenters. The van der Waals surface area contributed by atoms with Crippen LogP contribution in [0.2, 0.25) is 0 Å². The van der Waals surface area contributed by atoms with Crippen molar-refractivity contribution < 1.29 is 4.74 Å². The number of ether oxygens (including phenoxy) is 1.